The summed E-state index contributed by atoms with van der Waals surface area (Å²) < 4.78 is 288. The smallest absolute Gasteiger partial charge is 0.203 e. The average Bonchev–Trinajstić information content (AvgIpc) is 2.68. The summed E-state index contributed by atoms with van der Waals surface area (Å²) in [5.41, 5.74) is -4.42. The Morgan fingerprint density at radius 3 is 0.778 bits per heavy atom. The fourth-order valence-corrected chi connectivity index (χ4v) is 2.20. The Balaban J connectivity index is 3.94. The lowest BCUT2D eigenvalue weighted by Crippen LogP contribution is -2.74. The molecule has 36 heavy (non-hydrogen) atoms. The van der Waals surface area contributed by atoms with Gasteiger partial charge in [0.1, 0.15) is 5.56 Å². The third-order valence-electron chi connectivity index (χ3n) is 4.25. The Bertz CT molecular complexity index is 984. The molecule has 0 unspecified atom stereocenters. The molecule has 1 aromatic carbocycles. The Kier molecular flexibility index (Phi) is 7.12. The van der Waals surface area contributed by atoms with Gasteiger partial charge in [0.05, 0.1) is 0 Å². The summed E-state index contributed by atoms with van der Waals surface area (Å²) in [7, 11) is 0. The molecule has 0 atom stereocenters. The number of alkyl halides is 17. The van der Waals surface area contributed by atoms with Gasteiger partial charge in [-0.25, -0.2) is 22.0 Å². The van der Waals surface area contributed by atoms with Crippen molar-refractivity contribution in [1.29, 1.82) is 0 Å². The van der Waals surface area contributed by atoms with Crippen molar-refractivity contribution in [1.82, 2.24) is 0 Å². The predicted octanol–water partition coefficient (Wildman–Crippen LogP) is 7.85. The van der Waals surface area contributed by atoms with E-state index in [1.807, 2.05) is 0 Å². The predicted molar refractivity (Wildman–Crippen MR) is 65.9 cm³/mol. The fraction of sp³-hybridized carbons (Fsp3) is 0.571. The van der Waals surface area contributed by atoms with Gasteiger partial charge in [-0.3, -0.25) is 0 Å². The molecule has 22 heteroatoms. The largest absolute Gasteiger partial charge is 0.460 e. The van der Waals surface area contributed by atoms with E-state index in [2.05, 4.69) is 0 Å². The van der Waals surface area contributed by atoms with E-state index in [9.17, 15) is 96.6 Å². The zero-order chi connectivity index (χ0) is 29.5. The highest BCUT2D eigenvalue weighted by atomic mass is 19.4. The van der Waals surface area contributed by atoms with Gasteiger partial charge in [0.15, 0.2) is 23.3 Å². The van der Waals surface area contributed by atoms with Gasteiger partial charge >= 0.3 is 47.6 Å². The fourth-order valence-electron chi connectivity index (χ4n) is 2.20. The van der Waals surface area contributed by atoms with Gasteiger partial charge in [0.25, 0.3) is 0 Å². The number of hydrogen-bond donors (Lipinski definition) is 0. The molecule has 0 bridgehead atoms. The highest BCUT2D eigenvalue weighted by Gasteiger charge is 2.95. The van der Waals surface area contributed by atoms with E-state index in [0.29, 0.717) is 0 Å². The van der Waals surface area contributed by atoms with Crippen molar-refractivity contribution >= 4 is 0 Å². The second kappa shape index (κ2) is 8.09. The highest BCUT2D eigenvalue weighted by molar-refractivity contribution is 5.31. The van der Waals surface area contributed by atoms with Crippen LogP contribution in [-0.4, -0.2) is 41.7 Å². The lowest BCUT2D eigenvalue weighted by Gasteiger charge is -2.42. The van der Waals surface area contributed by atoms with Crippen LogP contribution >= 0.6 is 0 Å². The minimum Gasteiger partial charge on any atom is -0.203 e. The number of rotatable bonds is 7. The first-order chi connectivity index (χ1) is 15.4. The molecule has 0 aliphatic carbocycles. The standard InChI is InChI=1S/C14F22/c15-2-1(3(16)5(18)6(19)4(2)17)7(20,21)8(22,23)9(24,25)10(26,27)11(28,29)12(30,31)13(32,33)14(34,35)36. The molecule has 1 rings (SSSR count). The molecular formula is C14F22. The van der Waals surface area contributed by atoms with Gasteiger partial charge in [-0.2, -0.15) is 74.6 Å². The summed E-state index contributed by atoms with van der Waals surface area (Å²) in [6.45, 7) is 0. The van der Waals surface area contributed by atoms with E-state index in [0.717, 1.165) is 0 Å². The van der Waals surface area contributed by atoms with Gasteiger partial charge in [-0.1, -0.05) is 0 Å². The zero-order valence-corrected chi connectivity index (χ0v) is 15.3. The van der Waals surface area contributed by atoms with Crippen molar-refractivity contribution in [3.05, 3.63) is 34.6 Å². The van der Waals surface area contributed by atoms with Gasteiger partial charge in [0, 0.05) is 0 Å². The second-order valence-corrected chi connectivity index (χ2v) is 6.46. The molecule has 0 saturated carbocycles. The van der Waals surface area contributed by atoms with E-state index in [1.165, 1.54) is 0 Å². The van der Waals surface area contributed by atoms with E-state index >= 15 is 0 Å². The van der Waals surface area contributed by atoms with Gasteiger partial charge in [0.2, 0.25) is 5.82 Å². The molecule has 0 nitrogen and oxygen atoms in total. The highest BCUT2D eigenvalue weighted by Crippen LogP contribution is 2.65. The maximum absolute atomic E-state index is 13.8. The zero-order valence-electron chi connectivity index (χ0n) is 15.3. The van der Waals surface area contributed by atoms with Crippen molar-refractivity contribution in [3.63, 3.8) is 0 Å². The molecule has 0 spiro atoms. The molecular weight excluding hydrogens is 586 g/mol. The lowest BCUT2D eigenvalue weighted by atomic mass is 9.87. The molecule has 0 amide bonds. The Labute approximate surface area is 180 Å². The number of hydrogen-bond acceptors (Lipinski definition) is 0. The van der Waals surface area contributed by atoms with Crippen molar-refractivity contribution in [2.75, 3.05) is 0 Å². The maximum atomic E-state index is 13.8. The van der Waals surface area contributed by atoms with Gasteiger partial charge in [-0.05, 0) is 0 Å². The molecule has 0 heterocycles. The number of benzene rings is 1. The van der Waals surface area contributed by atoms with Crippen LogP contribution in [0.5, 0.6) is 0 Å². The number of halogens is 22. The second-order valence-electron chi connectivity index (χ2n) is 6.46. The van der Waals surface area contributed by atoms with Crippen LogP contribution in [0.1, 0.15) is 5.56 Å². The Morgan fingerprint density at radius 1 is 0.278 bits per heavy atom. The van der Waals surface area contributed by atoms with Gasteiger partial charge in [-0.15, -0.1) is 0 Å². The molecule has 210 valence electrons. The van der Waals surface area contributed by atoms with Crippen molar-refractivity contribution < 1.29 is 96.6 Å². The lowest BCUT2D eigenvalue weighted by molar-refractivity contribution is -0.463. The van der Waals surface area contributed by atoms with Crippen LogP contribution in [0, 0.1) is 29.1 Å². The molecule has 0 fully saturated rings. The third kappa shape index (κ3) is 3.63. The Hall–Kier alpha value is -2.32. The first-order valence-electron chi connectivity index (χ1n) is 7.66. The summed E-state index contributed by atoms with van der Waals surface area (Å²) in [6, 6.07) is 0. The van der Waals surface area contributed by atoms with Crippen molar-refractivity contribution in [2.24, 2.45) is 0 Å². The summed E-state index contributed by atoms with van der Waals surface area (Å²) in [5, 5.41) is 0. The SMILES string of the molecule is Fc1c(F)c(F)c(C(F)(F)C(F)(F)C(F)(F)C(F)(F)C(F)(F)C(F)(F)C(F)(F)C(F)(F)F)c(F)c1F. The van der Waals surface area contributed by atoms with Crippen molar-refractivity contribution in [3.8, 4) is 0 Å². The van der Waals surface area contributed by atoms with Crippen LogP contribution in [0.4, 0.5) is 96.6 Å². The molecule has 0 radical (unpaired) electrons. The minimum absolute atomic E-state index is 3.45. The van der Waals surface area contributed by atoms with E-state index in [-0.39, 0.29) is 0 Å². The summed E-state index contributed by atoms with van der Waals surface area (Å²) >= 11 is 0. The summed E-state index contributed by atoms with van der Waals surface area (Å²) in [5.74, 6) is -80.1. The van der Waals surface area contributed by atoms with E-state index < -0.39 is 82.3 Å². The minimum atomic E-state index is -9.09. The first kappa shape index (κ1) is 31.7. The van der Waals surface area contributed by atoms with Crippen LogP contribution in [0.25, 0.3) is 0 Å². The quantitative estimate of drug-likeness (QED) is 0.174. The van der Waals surface area contributed by atoms with Crippen LogP contribution < -0.4 is 0 Å². The molecule has 0 aliphatic heterocycles. The van der Waals surface area contributed by atoms with Crippen LogP contribution in [0.3, 0.4) is 0 Å². The monoisotopic (exact) mass is 586 g/mol. The van der Waals surface area contributed by atoms with Gasteiger partial charge < -0.3 is 0 Å². The van der Waals surface area contributed by atoms with E-state index in [4.69, 9.17) is 0 Å². The molecule has 0 aromatic heterocycles. The topological polar surface area (TPSA) is 0 Å². The average molecular weight is 586 g/mol. The molecule has 0 saturated heterocycles. The first-order valence-corrected chi connectivity index (χ1v) is 7.66. The van der Waals surface area contributed by atoms with Crippen LogP contribution in [0.15, 0.2) is 0 Å². The van der Waals surface area contributed by atoms with Crippen molar-refractivity contribution in [2.45, 2.75) is 47.6 Å². The summed E-state index contributed by atoms with van der Waals surface area (Å²) in [4.78, 5) is 0. The van der Waals surface area contributed by atoms with E-state index in [1.54, 1.807) is 0 Å². The molecule has 1 aromatic rings. The normalized spacial score (nSPS) is 15.5. The van der Waals surface area contributed by atoms with Crippen LogP contribution in [0.2, 0.25) is 0 Å². The summed E-state index contributed by atoms with van der Waals surface area (Å²) in [6.07, 6.45) is -7.99. The third-order valence-corrected chi connectivity index (χ3v) is 4.25. The molecule has 0 aliphatic rings. The Morgan fingerprint density at radius 2 is 0.500 bits per heavy atom. The maximum Gasteiger partial charge on any atom is 0.460 e. The van der Waals surface area contributed by atoms with Crippen LogP contribution in [-0.2, 0) is 5.92 Å². The molecule has 0 N–H and O–H groups in total.